The Morgan fingerprint density at radius 3 is 2.66 bits per heavy atom. The van der Waals surface area contributed by atoms with Crippen LogP contribution in [0.3, 0.4) is 0 Å². The highest BCUT2D eigenvalue weighted by molar-refractivity contribution is 9.11. The molecule has 2 aromatic heterocycles. The molecule has 0 bridgehead atoms. The third kappa shape index (κ3) is 4.90. The molecule has 0 spiro atoms. The quantitative estimate of drug-likeness (QED) is 0.460. The van der Waals surface area contributed by atoms with Gasteiger partial charge in [0.2, 0.25) is 0 Å². The fraction of sp³-hybridized carbons (Fsp3) is 0.565. The van der Waals surface area contributed by atoms with Gasteiger partial charge < -0.3 is 10.1 Å². The molecular weight excluding hydrogens is 510 g/mol. The van der Waals surface area contributed by atoms with Gasteiger partial charge in [0, 0.05) is 35.4 Å². The van der Waals surface area contributed by atoms with Gasteiger partial charge in [0.1, 0.15) is 5.00 Å². The van der Waals surface area contributed by atoms with Crippen molar-refractivity contribution in [2.45, 2.75) is 72.0 Å². The molecule has 9 heteroatoms. The van der Waals surface area contributed by atoms with E-state index in [9.17, 15) is 9.59 Å². The Bertz CT molecular complexity index is 1010. The molecule has 0 atom stereocenters. The molecule has 6 nitrogen and oxygen atoms in total. The van der Waals surface area contributed by atoms with Crippen LogP contribution in [0.4, 0.5) is 9.80 Å². The van der Waals surface area contributed by atoms with Gasteiger partial charge in [-0.15, -0.1) is 22.7 Å². The van der Waals surface area contributed by atoms with E-state index in [0.29, 0.717) is 29.8 Å². The number of hydrogen-bond acceptors (Lipinski definition) is 6. The standard InChI is InChI=1S/C23H30BrN3O3S2/c1-4-30-22(28)19-15-7-5-6-8-17(15)32-21(19)26-23(29)25-11-16-14-9-10-27(13(2)3)12-18(14)31-20(16)24/h13H,4-12H2,1-3H3,(H2,25,26,29). The highest BCUT2D eigenvalue weighted by atomic mass is 79.9. The van der Waals surface area contributed by atoms with E-state index >= 15 is 0 Å². The van der Waals surface area contributed by atoms with Crippen LogP contribution in [-0.4, -0.2) is 36.1 Å². The molecule has 0 saturated heterocycles. The predicted octanol–water partition coefficient (Wildman–Crippen LogP) is 5.72. The lowest BCUT2D eigenvalue weighted by atomic mass is 9.95. The highest BCUT2D eigenvalue weighted by Crippen LogP contribution is 2.39. The fourth-order valence-electron chi connectivity index (χ4n) is 4.46. The molecule has 2 aromatic rings. The minimum Gasteiger partial charge on any atom is -0.462 e. The van der Waals surface area contributed by atoms with Crippen LogP contribution in [-0.2, 0) is 37.1 Å². The molecule has 2 N–H and O–H groups in total. The van der Waals surface area contributed by atoms with Gasteiger partial charge in [-0.1, -0.05) is 0 Å². The number of hydrogen-bond donors (Lipinski definition) is 2. The number of urea groups is 1. The second-order valence-electron chi connectivity index (χ2n) is 8.51. The summed E-state index contributed by atoms with van der Waals surface area (Å²) in [5, 5.41) is 6.55. The molecule has 0 unspecified atom stereocenters. The van der Waals surface area contributed by atoms with E-state index in [0.717, 1.165) is 54.5 Å². The summed E-state index contributed by atoms with van der Waals surface area (Å²) in [5.41, 5.74) is 4.13. The zero-order valence-electron chi connectivity index (χ0n) is 18.8. The molecule has 1 aliphatic carbocycles. The number of halogens is 1. The van der Waals surface area contributed by atoms with E-state index in [1.165, 1.54) is 32.2 Å². The molecule has 174 valence electrons. The Balaban J connectivity index is 1.46. The molecule has 0 fully saturated rings. The number of esters is 1. The average molecular weight is 541 g/mol. The van der Waals surface area contributed by atoms with E-state index in [1.807, 2.05) is 0 Å². The Morgan fingerprint density at radius 2 is 1.91 bits per heavy atom. The van der Waals surface area contributed by atoms with Crippen molar-refractivity contribution in [3.63, 3.8) is 0 Å². The summed E-state index contributed by atoms with van der Waals surface area (Å²) in [6, 6.07) is 0.238. The smallest absolute Gasteiger partial charge is 0.341 e. The van der Waals surface area contributed by atoms with Crippen LogP contribution in [0.15, 0.2) is 3.79 Å². The number of thiophene rings is 2. The third-order valence-electron chi connectivity index (χ3n) is 6.18. The zero-order chi connectivity index (χ0) is 22.8. The summed E-state index contributed by atoms with van der Waals surface area (Å²) in [6.07, 6.45) is 5.00. The number of fused-ring (bicyclic) bond motifs is 2. The number of rotatable bonds is 6. The van der Waals surface area contributed by atoms with Crippen molar-refractivity contribution in [2.75, 3.05) is 18.5 Å². The SMILES string of the molecule is CCOC(=O)c1c(NC(=O)NCc2c(Br)sc3c2CCN(C(C)C)C3)sc2c1CCCC2. The second-order valence-corrected chi connectivity index (χ2v) is 12.0. The summed E-state index contributed by atoms with van der Waals surface area (Å²) >= 11 is 6.99. The lowest BCUT2D eigenvalue weighted by Gasteiger charge is -2.30. The van der Waals surface area contributed by atoms with Crippen LogP contribution in [0.25, 0.3) is 0 Å². The van der Waals surface area contributed by atoms with Crippen molar-refractivity contribution in [3.8, 4) is 0 Å². The normalized spacial score (nSPS) is 15.9. The highest BCUT2D eigenvalue weighted by Gasteiger charge is 2.28. The number of anilines is 1. The van der Waals surface area contributed by atoms with Crippen LogP contribution in [0.5, 0.6) is 0 Å². The van der Waals surface area contributed by atoms with E-state index in [2.05, 4.69) is 45.3 Å². The van der Waals surface area contributed by atoms with Crippen molar-refractivity contribution >= 4 is 55.6 Å². The first kappa shape index (κ1) is 23.7. The van der Waals surface area contributed by atoms with Gasteiger partial charge in [0.15, 0.2) is 0 Å². The monoisotopic (exact) mass is 539 g/mol. The number of carbonyl (C=O) groups is 2. The lowest BCUT2D eigenvalue weighted by Crippen LogP contribution is -2.35. The van der Waals surface area contributed by atoms with Crippen molar-refractivity contribution < 1.29 is 14.3 Å². The summed E-state index contributed by atoms with van der Waals surface area (Å²) in [7, 11) is 0. The molecule has 1 aliphatic heterocycles. The van der Waals surface area contributed by atoms with E-state index in [4.69, 9.17) is 4.74 Å². The zero-order valence-corrected chi connectivity index (χ0v) is 22.0. The van der Waals surface area contributed by atoms with Crippen molar-refractivity contribution in [2.24, 2.45) is 0 Å². The Hall–Kier alpha value is -1.42. The predicted molar refractivity (Wildman–Crippen MR) is 134 cm³/mol. The Morgan fingerprint density at radius 1 is 1.12 bits per heavy atom. The first-order valence-corrected chi connectivity index (χ1v) is 13.7. The number of amides is 2. The minimum absolute atomic E-state index is 0.291. The number of carbonyl (C=O) groups excluding carboxylic acids is 2. The molecule has 3 heterocycles. The summed E-state index contributed by atoms with van der Waals surface area (Å²) in [6.45, 7) is 9.04. The number of nitrogens with one attached hydrogen (secondary N) is 2. The largest absolute Gasteiger partial charge is 0.462 e. The average Bonchev–Trinajstić information content (AvgIpc) is 3.27. The molecule has 0 saturated carbocycles. The van der Waals surface area contributed by atoms with E-state index in [-0.39, 0.29) is 12.0 Å². The molecular formula is C23H30BrN3O3S2. The van der Waals surface area contributed by atoms with Gasteiger partial charge >= 0.3 is 12.0 Å². The summed E-state index contributed by atoms with van der Waals surface area (Å²) < 4.78 is 6.37. The summed E-state index contributed by atoms with van der Waals surface area (Å²) in [4.78, 5) is 30.4. The maximum Gasteiger partial charge on any atom is 0.341 e. The van der Waals surface area contributed by atoms with Gasteiger partial charge in [-0.2, -0.15) is 0 Å². The Labute approximate surface area is 205 Å². The first-order valence-electron chi connectivity index (χ1n) is 11.3. The van der Waals surface area contributed by atoms with E-state index in [1.54, 1.807) is 18.3 Å². The van der Waals surface area contributed by atoms with Crippen LogP contribution in [0, 0.1) is 0 Å². The summed E-state index contributed by atoms with van der Waals surface area (Å²) in [5.74, 6) is -0.341. The molecule has 4 rings (SSSR count). The molecule has 0 radical (unpaired) electrons. The number of ether oxygens (including phenoxy) is 1. The van der Waals surface area contributed by atoms with Gasteiger partial charge in [0.05, 0.1) is 16.0 Å². The molecule has 2 aliphatic rings. The van der Waals surface area contributed by atoms with Crippen molar-refractivity contribution in [1.82, 2.24) is 10.2 Å². The molecule has 32 heavy (non-hydrogen) atoms. The third-order valence-corrected chi connectivity index (χ3v) is 9.40. The van der Waals surface area contributed by atoms with E-state index < -0.39 is 0 Å². The van der Waals surface area contributed by atoms with Gasteiger partial charge in [0.25, 0.3) is 0 Å². The van der Waals surface area contributed by atoms with Gasteiger partial charge in [-0.25, -0.2) is 9.59 Å². The van der Waals surface area contributed by atoms with Gasteiger partial charge in [-0.05, 0) is 85.5 Å². The Kier molecular flexibility index (Phi) is 7.59. The lowest BCUT2D eigenvalue weighted by molar-refractivity contribution is 0.0526. The van der Waals surface area contributed by atoms with Crippen LogP contribution in [0.2, 0.25) is 0 Å². The van der Waals surface area contributed by atoms with Gasteiger partial charge in [-0.3, -0.25) is 10.2 Å². The van der Waals surface area contributed by atoms with Crippen molar-refractivity contribution in [3.05, 3.63) is 35.8 Å². The van der Waals surface area contributed by atoms with Crippen LogP contribution in [0.1, 0.15) is 70.4 Å². The maximum absolute atomic E-state index is 12.8. The van der Waals surface area contributed by atoms with Crippen molar-refractivity contribution in [1.29, 1.82) is 0 Å². The maximum atomic E-state index is 12.8. The second kappa shape index (κ2) is 10.2. The topological polar surface area (TPSA) is 70.7 Å². The van der Waals surface area contributed by atoms with Crippen LogP contribution < -0.4 is 10.6 Å². The minimum atomic E-state index is -0.341. The molecule has 0 aromatic carbocycles. The fourth-order valence-corrected chi connectivity index (χ4v) is 7.81. The number of aryl methyl sites for hydroxylation is 1. The first-order chi connectivity index (χ1) is 15.4. The van der Waals surface area contributed by atoms with Crippen LogP contribution >= 0.6 is 38.6 Å². The number of nitrogens with zero attached hydrogens (tertiary/aromatic N) is 1. The molecule has 2 amide bonds.